The van der Waals surface area contributed by atoms with Gasteiger partial charge in [0.05, 0.1) is 12.7 Å². The second kappa shape index (κ2) is 11.0. The van der Waals surface area contributed by atoms with Crippen LogP contribution in [-0.4, -0.2) is 21.0 Å². The Labute approximate surface area is 222 Å². The fraction of sp³-hybridized carbons (Fsp3) is 0.235. The second-order valence-electron chi connectivity index (χ2n) is 10.8. The van der Waals surface area contributed by atoms with E-state index in [0.29, 0.717) is 6.61 Å². The van der Waals surface area contributed by atoms with Gasteiger partial charge in [0.15, 0.2) is 0 Å². The van der Waals surface area contributed by atoms with Crippen molar-refractivity contribution in [2.45, 2.75) is 43.9 Å². The van der Waals surface area contributed by atoms with Gasteiger partial charge in [0.1, 0.15) is 6.10 Å². The number of hydrogen-bond acceptors (Lipinski definition) is 2. The number of benzene rings is 4. The Morgan fingerprint density at radius 3 is 1.57 bits per heavy atom. The van der Waals surface area contributed by atoms with Gasteiger partial charge in [0, 0.05) is 5.92 Å². The Hall–Kier alpha value is -3.24. The van der Waals surface area contributed by atoms with Gasteiger partial charge >= 0.3 is 0 Å². The molecule has 37 heavy (non-hydrogen) atoms. The van der Waals surface area contributed by atoms with E-state index in [9.17, 15) is 0 Å². The van der Waals surface area contributed by atoms with Crippen molar-refractivity contribution >= 4 is 18.7 Å². The molecule has 0 aliphatic carbocycles. The molecule has 0 N–H and O–H groups in total. The van der Waals surface area contributed by atoms with E-state index >= 15 is 0 Å². The number of ether oxygens (including phenoxy) is 1. The van der Waals surface area contributed by atoms with Gasteiger partial charge in [-0.1, -0.05) is 154 Å². The van der Waals surface area contributed by atoms with Gasteiger partial charge in [0.2, 0.25) is 0 Å². The van der Waals surface area contributed by atoms with Crippen LogP contribution in [0.2, 0.25) is 5.04 Å². The molecular weight excluding hydrogens is 468 g/mol. The zero-order valence-electron chi connectivity index (χ0n) is 22.0. The molecule has 0 spiro atoms. The maximum absolute atomic E-state index is 7.32. The first kappa shape index (κ1) is 25.4. The highest BCUT2D eigenvalue weighted by atomic mass is 28.4. The van der Waals surface area contributed by atoms with Crippen LogP contribution in [0.5, 0.6) is 0 Å². The number of rotatable bonds is 7. The minimum atomic E-state index is -2.67. The monoisotopic (exact) mass is 504 g/mol. The van der Waals surface area contributed by atoms with E-state index in [-0.39, 0.29) is 23.2 Å². The average Bonchev–Trinajstić information content (AvgIpc) is 2.95. The summed E-state index contributed by atoms with van der Waals surface area (Å²) >= 11 is 0. The third-order valence-corrected chi connectivity index (χ3v) is 12.4. The smallest absolute Gasteiger partial charge is 0.261 e. The molecule has 1 aliphatic heterocycles. The molecule has 188 valence electrons. The molecule has 3 heteroatoms. The van der Waals surface area contributed by atoms with E-state index in [0.717, 1.165) is 0 Å². The Bertz CT molecular complexity index is 1240. The van der Waals surface area contributed by atoms with Gasteiger partial charge in [-0.05, 0) is 26.5 Å². The molecule has 0 amide bonds. The number of hydrogen-bond donors (Lipinski definition) is 0. The van der Waals surface area contributed by atoms with E-state index < -0.39 is 8.32 Å². The zero-order valence-corrected chi connectivity index (χ0v) is 23.0. The Morgan fingerprint density at radius 1 is 0.622 bits per heavy atom. The van der Waals surface area contributed by atoms with Crippen molar-refractivity contribution in [2.24, 2.45) is 0 Å². The first-order valence-electron chi connectivity index (χ1n) is 13.2. The van der Waals surface area contributed by atoms with Gasteiger partial charge in [0.25, 0.3) is 8.32 Å². The van der Waals surface area contributed by atoms with E-state index in [1.54, 1.807) is 0 Å². The lowest BCUT2D eigenvalue weighted by molar-refractivity contribution is -0.0320. The predicted octanol–water partition coefficient (Wildman–Crippen LogP) is 7.04. The van der Waals surface area contributed by atoms with E-state index in [4.69, 9.17) is 9.16 Å². The summed E-state index contributed by atoms with van der Waals surface area (Å²) in [7, 11) is -2.67. The topological polar surface area (TPSA) is 18.5 Å². The van der Waals surface area contributed by atoms with Gasteiger partial charge in [-0.2, -0.15) is 0 Å². The lowest BCUT2D eigenvalue weighted by Gasteiger charge is -2.44. The van der Waals surface area contributed by atoms with Crippen molar-refractivity contribution in [3.63, 3.8) is 0 Å². The molecule has 0 saturated heterocycles. The molecule has 0 saturated carbocycles. The highest BCUT2D eigenvalue weighted by molar-refractivity contribution is 6.99. The van der Waals surface area contributed by atoms with Gasteiger partial charge in [-0.25, -0.2) is 0 Å². The first-order chi connectivity index (χ1) is 18.0. The molecule has 0 fully saturated rings. The lowest BCUT2D eigenvalue weighted by Crippen LogP contribution is -2.67. The second-order valence-corrected chi connectivity index (χ2v) is 15.1. The van der Waals surface area contributed by atoms with E-state index in [1.807, 2.05) is 6.07 Å². The van der Waals surface area contributed by atoms with E-state index in [2.05, 4.69) is 148 Å². The predicted molar refractivity (Wildman–Crippen MR) is 156 cm³/mol. The van der Waals surface area contributed by atoms with Gasteiger partial charge in [-0.15, -0.1) is 0 Å². The van der Waals surface area contributed by atoms with Crippen LogP contribution in [-0.2, 0) is 9.16 Å². The van der Waals surface area contributed by atoms with Crippen molar-refractivity contribution < 1.29 is 9.16 Å². The molecule has 4 aromatic rings. The Morgan fingerprint density at radius 2 is 1.08 bits per heavy atom. The molecular formula is C34H36O2Si. The third kappa shape index (κ3) is 5.26. The van der Waals surface area contributed by atoms with Gasteiger partial charge < -0.3 is 9.16 Å². The molecule has 4 aromatic carbocycles. The summed E-state index contributed by atoms with van der Waals surface area (Å²) in [5, 5.41) is 2.49. The van der Waals surface area contributed by atoms with Crippen LogP contribution in [0.25, 0.3) is 0 Å². The van der Waals surface area contributed by atoms with Crippen LogP contribution in [0.15, 0.2) is 133 Å². The maximum Gasteiger partial charge on any atom is 0.261 e. The maximum atomic E-state index is 7.32. The summed E-state index contributed by atoms with van der Waals surface area (Å²) in [6, 6.07) is 42.8. The summed E-state index contributed by atoms with van der Waals surface area (Å²) in [5.74, 6) is 0.124. The summed E-state index contributed by atoms with van der Waals surface area (Å²) in [6.07, 6.45) is 4.32. The van der Waals surface area contributed by atoms with Crippen LogP contribution in [0.1, 0.15) is 43.9 Å². The molecule has 3 atom stereocenters. The van der Waals surface area contributed by atoms with Crippen molar-refractivity contribution in [3.05, 3.63) is 145 Å². The summed E-state index contributed by atoms with van der Waals surface area (Å²) in [4.78, 5) is 0. The minimum Gasteiger partial charge on any atom is -0.405 e. The standard InChI is InChI=1S/C34H36O2Si/c1-34(2,3)37(29-20-12-6-13-21-29,30-22-14-7-15-23-30)35-26-33-31(27-16-8-4-9-17-27)24-25-32(36-33)28-18-10-5-11-19-28/h4-25,31-33H,26H2,1-3H3/t31-,32-,33-/m1/s1. The first-order valence-corrected chi connectivity index (χ1v) is 15.1. The summed E-state index contributed by atoms with van der Waals surface area (Å²) in [5.41, 5.74) is 2.42. The van der Waals surface area contributed by atoms with E-state index in [1.165, 1.54) is 21.5 Å². The zero-order chi connectivity index (χ0) is 25.7. The summed E-state index contributed by atoms with van der Waals surface area (Å²) < 4.78 is 14.2. The lowest BCUT2D eigenvalue weighted by atomic mass is 9.90. The van der Waals surface area contributed by atoms with Crippen LogP contribution in [0.4, 0.5) is 0 Å². The minimum absolute atomic E-state index is 0.0821. The normalized spacial score (nSPS) is 20.0. The largest absolute Gasteiger partial charge is 0.405 e. The fourth-order valence-electron chi connectivity index (χ4n) is 5.61. The van der Waals surface area contributed by atoms with Crippen LogP contribution in [0.3, 0.4) is 0 Å². The highest BCUT2D eigenvalue weighted by Crippen LogP contribution is 2.39. The molecule has 1 heterocycles. The molecule has 0 unspecified atom stereocenters. The highest BCUT2D eigenvalue weighted by Gasteiger charge is 2.50. The van der Waals surface area contributed by atoms with Crippen molar-refractivity contribution in [2.75, 3.05) is 6.61 Å². The fourth-order valence-corrected chi connectivity index (χ4v) is 10.2. The SMILES string of the molecule is CC(C)(C)[Si](OC[C@H]1O[C@@H](c2ccccc2)C=C[C@@H]1c1ccccc1)(c1ccccc1)c1ccccc1. The van der Waals surface area contributed by atoms with Crippen LogP contribution < -0.4 is 10.4 Å². The molecule has 0 bridgehead atoms. The van der Waals surface area contributed by atoms with Crippen molar-refractivity contribution in [3.8, 4) is 0 Å². The molecule has 0 aromatic heterocycles. The molecule has 1 aliphatic rings. The summed E-state index contributed by atoms with van der Waals surface area (Å²) in [6.45, 7) is 7.48. The van der Waals surface area contributed by atoms with Crippen LogP contribution >= 0.6 is 0 Å². The Balaban J connectivity index is 1.54. The molecule has 5 rings (SSSR count). The quantitative estimate of drug-likeness (QED) is 0.198. The Kier molecular flexibility index (Phi) is 7.57. The van der Waals surface area contributed by atoms with Crippen LogP contribution in [0, 0.1) is 0 Å². The van der Waals surface area contributed by atoms with Crippen molar-refractivity contribution in [1.29, 1.82) is 0 Å². The third-order valence-electron chi connectivity index (χ3n) is 7.41. The van der Waals surface area contributed by atoms with Crippen molar-refractivity contribution in [1.82, 2.24) is 0 Å². The molecule has 0 radical (unpaired) electrons. The molecule has 2 nitrogen and oxygen atoms in total. The average molecular weight is 505 g/mol. The van der Waals surface area contributed by atoms with Gasteiger partial charge in [-0.3, -0.25) is 0 Å².